The average molecular weight is 447 g/mol. The van der Waals surface area contributed by atoms with Gasteiger partial charge < -0.3 is 20.4 Å². The van der Waals surface area contributed by atoms with E-state index in [0.29, 0.717) is 0 Å². The Morgan fingerprint density at radius 1 is 0.906 bits per heavy atom. The zero-order valence-corrected chi connectivity index (χ0v) is 20.0. The molecule has 176 valence electrons. The average Bonchev–Trinajstić information content (AvgIpc) is 2.65. The Morgan fingerprint density at radius 2 is 1.44 bits per heavy atom. The molecule has 4 N–H and O–H groups in total. The summed E-state index contributed by atoms with van der Waals surface area (Å²) in [5, 5.41) is 43.1. The van der Waals surface area contributed by atoms with Gasteiger partial charge in [-0.05, 0) is 40.0 Å². The third kappa shape index (κ3) is 3.89. The van der Waals surface area contributed by atoms with Crippen molar-refractivity contribution in [2.75, 3.05) is 0 Å². The highest BCUT2D eigenvalue weighted by Crippen LogP contribution is 2.52. The molecule has 7 nitrogen and oxygen atoms in total. The molecule has 0 spiro atoms. The summed E-state index contributed by atoms with van der Waals surface area (Å²) in [7, 11) is 0. The standard InChI is InChI=1S/C25H34O7/c1-11(2)9-13(17-21(30)24(5,6)23(32)25(7,8)22(17)31)16-14(26)10-15(27)18(20(16)29)19(28)12(3)4/h10-13,26-27,29-30H,9H2,1-8H3/t13-/m1/s1. The van der Waals surface area contributed by atoms with E-state index in [4.69, 9.17) is 0 Å². The second kappa shape index (κ2) is 8.26. The van der Waals surface area contributed by atoms with Gasteiger partial charge in [0.2, 0.25) is 0 Å². The molecule has 1 aliphatic rings. The summed E-state index contributed by atoms with van der Waals surface area (Å²) in [6.45, 7) is 13.0. The van der Waals surface area contributed by atoms with Crippen LogP contribution >= 0.6 is 0 Å². The van der Waals surface area contributed by atoms with Crippen LogP contribution in [0.15, 0.2) is 17.4 Å². The number of carbonyl (C=O) groups excluding carboxylic acids is 3. The normalized spacial score (nSPS) is 19.1. The number of allylic oxidation sites excluding steroid dienone is 2. The third-order valence-corrected chi connectivity index (χ3v) is 6.27. The molecule has 2 rings (SSSR count). The first-order valence-corrected chi connectivity index (χ1v) is 10.8. The number of aliphatic hydroxyl groups is 1. The number of benzene rings is 1. The molecule has 1 aromatic carbocycles. The van der Waals surface area contributed by atoms with Crippen LogP contribution in [0.5, 0.6) is 17.2 Å². The maximum Gasteiger partial charge on any atom is 0.175 e. The van der Waals surface area contributed by atoms with E-state index in [-0.39, 0.29) is 29.0 Å². The molecule has 0 fully saturated rings. The molecular formula is C25H34O7. The van der Waals surface area contributed by atoms with Crippen molar-refractivity contribution < 1.29 is 34.8 Å². The van der Waals surface area contributed by atoms with Crippen molar-refractivity contribution in [3.05, 3.63) is 28.5 Å². The number of aliphatic hydroxyl groups excluding tert-OH is 1. The summed E-state index contributed by atoms with van der Waals surface area (Å²) in [5.41, 5.74) is -3.34. The predicted octanol–water partition coefficient (Wildman–Crippen LogP) is 4.79. The first kappa shape index (κ1) is 25.4. The molecule has 1 aliphatic carbocycles. The lowest BCUT2D eigenvalue weighted by atomic mass is 9.60. The number of aromatic hydroxyl groups is 3. The fourth-order valence-electron chi connectivity index (χ4n) is 4.48. The van der Waals surface area contributed by atoms with E-state index in [9.17, 15) is 34.8 Å². The number of ketones is 3. The highest BCUT2D eigenvalue weighted by molar-refractivity contribution is 6.19. The number of rotatable bonds is 6. The lowest BCUT2D eigenvalue weighted by molar-refractivity contribution is -0.144. The smallest absolute Gasteiger partial charge is 0.175 e. The lowest BCUT2D eigenvalue weighted by Crippen LogP contribution is -2.49. The molecule has 0 aliphatic heterocycles. The Labute approximate surface area is 188 Å². The number of hydrogen-bond acceptors (Lipinski definition) is 7. The van der Waals surface area contributed by atoms with E-state index in [0.717, 1.165) is 6.07 Å². The quantitative estimate of drug-likeness (QED) is 0.365. The second-order valence-corrected chi connectivity index (χ2v) is 10.4. The zero-order valence-electron chi connectivity index (χ0n) is 20.0. The largest absolute Gasteiger partial charge is 0.511 e. The van der Waals surface area contributed by atoms with Crippen molar-refractivity contribution in [1.29, 1.82) is 0 Å². The molecule has 0 heterocycles. The van der Waals surface area contributed by atoms with E-state index in [2.05, 4.69) is 0 Å². The van der Waals surface area contributed by atoms with Crippen LogP contribution in [0.1, 0.15) is 83.7 Å². The van der Waals surface area contributed by atoms with Gasteiger partial charge in [-0.25, -0.2) is 0 Å². The molecule has 0 radical (unpaired) electrons. The van der Waals surface area contributed by atoms with Crippen LogP contribution in [0.4, 0.5) is 0 Å². The highest BCUT2D eigenvalue weighted by atomic mass is 16.3. The number of phenolic OH excluding ortho intramolecular Hbond substituents is 3. The molecule has 0 saturated heterocycles. The fraction of sp³-hybridized carbons (Fsp3) is 0.560. The minimum Gasteiger partial charge on any atom is -0.511 e. The van der Waals surface area contributed by atoms with E-state index >= 15 is 0 Å². The van der Waals surface area contributed by atoms with E-state index in [1.807, 2.05) is 13.8 Å². The first-order chi connectivity index (χ1) is 14.5. The molecule has 0 aromatic heterocycles. The van der Waals surface area contributed by atoms with Crippen LogP contribution in [-0.4, -0.2) is 37.8 Å². The molecule has 0 saturated carbocycles. The van der Waals surface area contributed by atoms with Crippen molar-refractivity contribution in [3.8, 4) is 17.2 Å². The van der Waals surface area contributed by atoms with Gasteiger partial charge in [0.05, 0.1) is 10.8 Å². The van der Waals surface area contributed by atoms with Gasteiger partial charge in [-0.3, -0.25) is 14.4 Å². The Morgan fingerprint density at radius 3 is 1.91 bits per heavy atom. The maximum absolute atomic E-state index is 13.5. The predicted molar refractivity (Wildman–Crippen MR) is 120 cm³/mol. The SMILES string of the molecule is CC(C)C[C@@H](C1=C(O)C(C)(C)C(=O)C(C)(C)C1=O)c1c(O)cc(O)c(C(=O)C(C)C)c1O. The van der Waals surface area contributed by atoms with Crippen molar-refractivity contribution in [2.45, 2.75) is 67.7 Å². The molecule has 1 aromatic rings. The van der Waals surface area contributed by atoms with E-state index in [1.165, 1.54) is 27.7 Å². The van der Waals surface area contributed by atoms with Crippen molar-refractivity contribution >= 4 is 17.3 Å². The van der Waals surface area contributed by atoms with Gasteiger partial charge in [0.1, 0.15) is 28.6 Å². The molecule has 0 unspecified atom stereocenters. The molecular weight excluding hydrogens is 412 g/mol. The summed E-state index contributed by atoms with van der Waals surface area (Å²) in [4.78, 5) is 39.0. The van der Waals surface area contributed by atoms with Crippen molar-refractivity contribution in [2.24, 2.45) is 22.7 Å². The summed E-state index contributed by atoms with van der Waals surface area (Å²) in [5.74, 6) is -5.30. The van der Waals surface area contributed by atoms with Crippen LogP contribution in [0, 0.1) is 22.7 Å². The summed E-state index contributed by atoms with van der Waals surface area (Å²) < 4.78 is 0. The van der Waals surface area contributed by atoms with Gasteiger partial charge in [0.25, 0.3) is 0 Å². The zero-order chi connectivity index (χ0) is 24.9. The molecule has 0 bridgehead atoms. The summed E-state index contributed by atoms with van der Waals surface area (Å²) in [6.07, 6.45) is 0.229. The minimum atomic E-state index is -1.43. The molecule has 0 amide bonds. The van der Waals surface area contributed by atoms with Crippen LogP contribution < -0.4 is 0 Å². The van der Waals surface area contributed by atoms with Gasteiger partial charge in [0, 0.05) is 29.0 Å². The van der Waals surface area contributed by atoms with Crippen LogP contribution in [-0.2, 0) is 9.59 Å². The molecule has 1 atom stereocenters. The lowest BCUT2D eigenvalue weighted by Gasteiger charge is -2.41. The first-order valence-electron chi connectivity index (χ1n) is 10.8. The summed E-state index contributed by atoms with van der Waals surface area (Å²) >= 11 is 0. The van der Waals surface area contributed by atoms with Crippen LogP contribution in [0.2, 0.25) is 0 Å². The van der Waals surface area contributed by atoms with Gasteiger partial charge >= 0.3 is 0 Å². The molecule has 7 heteroatoms. The Hall–Kier alpha value is -2.83. The van der Waals surface area contributed by atoms with Gasteiger partial charge in [0.15, 0.2) is 17.3 Å². The monoisotopic (exact) mass is 446 g/mol. The van der Waals surface area contributed by atoms with Crippen LogP contribution in [0.3, 0.4) is 0 Å². The molecule has 32 heavy (non-hydrogen) atoms. The summed E-state index contributed by atoms with van der Waals surface area (Å²) in [6, 6.07) is 0.963. The number of phenols is 3. The Kier molecular flexibility index (Phi) is 6.57. The minimum absolute atomic E-state index is 0.0474. The Bertz CT molecular complexity index is 1010. The third-order valence-electron chi connectivity index (χ3n) is 6.27. The van der Waals surface area contributed by atoms with Crippen molar-refractivity contribution in [1.82, 2.24) is 0 Å². The number of hydrogen-bond donors (Lipinski definition) is 4. The Balaban J connectivity index is 2.95. The van der Waals surface area contributed by atoms with Gasteiger partial charge in [-0.15, -0.1) is 0 Å². The van der Waals surface area contributed by atoms with E-state index in [1.54, 1.807) is 13.8 Å². The highest BCUT2D eigenvalue weighted by Gasteiger charge is 2.55. The second-order valence-electron chi connectivity index (χ2n) is 10.4. The maximum atomic E-state index is 13.5. The number of Topliss-reactive ketones (excluding diaryl/α,β-unsaturated/α-hetero) is 3. The number of carbonyl (C=O) groups is 3. The fourth-order valence-corrected chi connectivity index (χ4v) is 4.48. The topological polar surface area (TPSA) is 132 Å². The van der Waals surface area contributed by atoms with E-state index < -0.39 is 63.0 Å². The van der Waals surface area contributed by atoms with Gasteiger partial charge in [-0.1, -0.05) is 27.7 Å². The van der Waals surface area contributed by atoms with Crippen molar-refractivity contribution in [3.63, 3.8) is 0 Å². The van der Waals surface area contributed by atoms with Crippen LogP contribution in [0.25, 0.3) is 0 Å². The van der Waals surface area contributed by atoms with Gasteiger partial charge in [-0.2, -0.15) is 0 Å².